The molecule has 2 aliphatic rings. The van der Waals surface area contributed by atoms with E-state index in [4.69, 9.17) is 14.2 Å². The van der Waals surface area contributed by atoms with Gasteiger partial charge in [0.1, 0.15) is 10.6 Å². The van der Waals surface area contributed by atoms with Gasteiger partial charge in [-0.2, -0.15) is 4.31 Å². The average molecular weight is 478 g/mol. The van der Waals surface area contributed by atoms with Crippen LogP contribution in [-0.4, -0.2) is 62.8 Å². The van der Waals surface area contributed by atoms with E-state index >= 15 is 0 Å². The Balaban J connectivity index is 1.55. The van der Waals surface area contributed by atoms with Crippen LogP contribution in [0.2, 0.25) is 0 Å². The third kappa shape index (κ3) is 4.47. The normalized spacial score (nSPS) is 17.3. The van der Waals surface area contributed by atoms with Crippen molar-refractivity contribution in [1.82, 2.24) is 14.2 Å². The third-order valence-corrected chi connectivity index (χ3v) is 8.59. The zero-order valence-corrected chi connectivity index (χ0v) is 20.1. The van der Waals surface area contributed by atoms with Crippen molar-refractivity contribution in [3.63, 3.8) is 0 Å². The number of hydrogen-bond acceptors (Lipinski definition) is 6. The summed E-state index contributed by atoms with van der Waals surface area (Å²) < 4.78 is 45.2. The van der Waals surface area contributed by atoms with Gasteiger partial charge in [-0.1, -0.05) is 19.9 Å². The van der Waals surface area contributed by atoms with E-state index in [1.807, 2.05) is 18.2 Å². The van der Waals surface area contributed by atoms with Crippen LogP contribution in [0, 0.1) is 0 Å². The smallest absolute Gasteiger partial charge is 0.267 e. The quantitative estimate of drug-likeness (QED) is 0.626. The van der Waals surface area contributed by atoms with Crippen molar-refractivity contribution < 1.29 is 27.4 Å². The fourth-order valence-electron chi connectivity index (χ4n) is 4.51. The monoisotopic (exact) mass is 477 g/mol. The molecule has 2 aliphatic heterocycles. The van der Waals surface area contributed by atoms with Crippen LogP contribution in [0.5, 0.6) is 11.5 Å². The first-order valence-electron chi connectivity index (χ1n) is 11.2. The van der Waals surface area contributed by atoms with Gasteiger partial charge in [0.15, 0.2) is 11.5 Å². The van der Waals surface area contributed by atoms with Gasteiger partial charge in [0, 0.05) is 51.5 Å². The maximum absolute atomic E-state index is 13.1. The molecule has 0 saturated carbocycles. The number of sulfonamides is 1. The summed E-state index contributed by atoms with van der Waals surface area (Å²) in [6.45, 7) is 6.13. The van der Waals surface area contributed by atoms with E-state index in [0.29, 0.717) is 44.3 Å². The first-order valence-corrected chi connectivity index (χ1v) is 12.7. The minimum Gasteiger partial charge on any atom is -0.454 e. The van der Waals surface area contributed by atoms with Gasteiger partial charge in [0.05, 0.1) is 0 Å². The van der Waals surface area contributed by atoms with E-state index in [1.54, 1.807) is 25.5 Å². The molecule has 1 saturated heterocycles. The van der Waals surface area contributed by atoms with Gasteiger partial charge >= 0.3 is 0 Å². The molecule has 0 spiro atoms. The molecule has 0 aliphatic carbocycles. The van der Waals surface area contributed by atoms with Crippen molar-refractivity contribution in [3.05, 3.63) is 41.7 Å². The highest BCUT2D eigenvalue weighted by molar-refractivity contribution is 7.89. The molecule has 10 heteroatoms. The summed E-state index contributed by atoms with van der Waals surface area (Å²) in [5.74, 6) is 1.11. The number of ether oxygens (including phenoxy) is 3. The van der Waals surface area contributed by atoms with Gasteiger partial charge in [0.2, 0.25) is 16.8 Å². The van der Waals surface area contributed by atoms with Gasteiger partial charge in [-0.25, -0.2) is 8.42 Å². The lowest BCUT2D eigenvalue weighted by Gasteiger charge is -2.38. The van der Waals surface area contributed by atoms with Gasteiger partial charge in [-0.05, 0) is 36.6 Å². The van der Waals surface area contributed by atoms with Crippen LogP contribution in [0.3, 0.4) is 0 Å². The summed E-state index contributed by atoms with van der Waals surface area (Å²) in [4.78, 5) is 13.2. The van der Waals surface area contributed by atoms with E-state index < -0.39 is 10.0 Å². The van der Waals surface area contributed by atoms with Crippen molar-refractivity contribution >= 4 is 15.9 Å². The second kappa shape index (κ2) is 9.36. The third-order valence-electron chi connectivity index (χ3n) is 6.58. The fraction of sp³-hybridized carbons (Fsp3) is 0.522. The molecule has 9 nitrogen and oxygen atoms in total. The number of fused-ring (bicyclic) bond motifs is 1. The topological polar surface area (TPSA) is 99.1 Å². The summed E-state index contributed by atoms with van der Waals surface area (Å²) in [6, 6.07) is 7.35. The lowest BCUT2D eigenvalue weighted by Crippen LogP contribution is -2.44. The SMILES string of the molecule is CCN(CC)S(=O)(=O)c1cc(C(=O)NCC2(c3ccc4c(c3)OCO4)CCOCC2)n(C)c1. The van der Waals surface area contributed by atoms with Gasteiger partial charge < -0.3 is 24.1 Å². The summed E-state index contributed by atoms with van der Waals surface area (Å²) in [5, 5.41) is 3.04. The number of rotatable bonds is 8. The number of aryl methyl sites for hydroxylation is 1. The van der Waals surface area contributed by atoms with Crippen LogP contribution < -0.4 is 14.8 Å². The lowest BCUT2D eigenvalue weighted by atomic mass is 9.74. The zero-order valence-electron chi connectivity index (χ0n) is 19.3. The Labute approximate surface area is 194 Å². The largest absolute Gasteiger partial charge is 0.454 e. The molecule has 2 aromatic rings. The molecule has 1 amide bonds. The Kier molecular flexibility index (Phi) is 6.69. The molecule has 1 aromatic carbocycles. The van der Waals surface area contributed by atoms with E-state index in [-0.39, 0.29) is 23.0 Å². The molecule has 0 bridgehead atoms. The van der Waals surface area contributed by atoms with Crippen LogP contribution >= 0.6 is 0 Å². The molecule has 0 atom stereocenters. The predicted octanol–water partition coefficient (Wildman–Crippen LogP) is 2.26. The Morgan fingerprint density at radius 3 is 2.52 bits per heavy atom. The highest BCUT2D eigenvalue weighted by Gasteiger charge is 2.36. The number of nitrogens with zero attached hydrogens (tertiary/aromatic N) is 2. The van der Waals surface area contributed by atoms with Crippen molar-refractivity contribution in [2.24, 2.45) is 7.05 Å². The Morgan fingerprint density at radius 2 is 1.82 bits per heavy atom. The number of amides is 1. The molecular weight excluding hydrogens is 446 g/mol. The first kappa shape index (κ1) is 23.6. The fourth-order valence-corrected chi connectivity index (χ4v) is 6.04. The molecule has 4 rings (SSSR count). The molecule has 0 radical (unpaired) electrons. The lowest BCUT2D eigenvalue weighted by molar-refractivity contribution is 0.0486. The molecular formula is C23H31N3O6S. The highest BCUT2D eigenvalue weighted by atomic mass is 32.2. The van der Waals surface area contributed by atoms with Crippen LogP contribution in [0.4, 0.5) is 0 Å². The Hall–Kier alpha value is -2.56. The average Bonchev–Trinajstić information content (AvgIpc) is 3.45. The predicted molar refractivity (Wildman–Crippen MR) is 122 cm³/mol. The molecule has 0 unspecified atom stereocenters. The number of hydrogen-bond donors (Lipinski definition) is 1. The first-order chi connectivity index (χ1) is 15.8. The Bertz CT molecular complexity index is 1120. The highest BCUT2D eigenvalue weighted by Crippen LogP contribution is 2.40. The van der Waals surface area contributed by atoms with E-state index in [0.717, 1.165) is 24.2 Å². The summed E-state index contributed by atoms with van der Waals surface area (Å²) in [5.41, 5.74) is 1.05. The maximum Gasteiger partial charge on any atom is 0.267 e. The standard InChI is InChI=1S/C23H31N3O6S/c1-4-26(5-2)33(28,29)18-13-19(25(3)14-18)22(27)24-15-23(8-10-30-11-9-23)17-6-7-20-21(12-17)32-16-31-20/h6-7,12-14H,4-5,8-11,15-16H2,1-3H3,(H,24,27). The summed E-state index contributed by atoms with van der Waals surface area (Å²) >= 11 is 0. The second-order valence-corrected chi connectivity index (χ2v) is 10.3. The number of aromatic nitrogens is 1. The minimum absolute atomic E-state index is 0.121. The van der Waals surface area contributed by atoms with Crippen molar-refractivity contribution in [2.45, 2.75) is 37.0 Å². The van der Waals surface area contributed by atoms with Gasteiger partial charge in [-0.15, -0.1) is 0 Å². The molecule has 1 N–H and O–H groups in total. The minimum atomic E-state index is -3.64. The number of nitrogens with one attached hydrogen (secondary N) is 1. The molecule has 1 fully saturated rings. The molecule has 1 aromatic heterocycles. The van der Waals surface area contributed by atoms with Crippen molar-refractivity contribution in [3.8, 4) is 11.5 Å². The van der Waals surface area contributed by atoms with Gasteiger partial charge in [-0.3, -0.25) is 4.79 Å². The van der Waals surface area contributed by atoms with E-state index in [9.17, 15) is 13.2 Å². The van der Waals surface area contributed by atoms with E-state index in [2.05, 4.69) is 5.32 Å². The van der Waals surface area contributed by atoms with E-state index in [1.165, 1.54) is 16.6 Å². The van der Waals surface area contributed by atoms with Crippen LogP contribution in [0.1, 0.15) is 42.7 Å². The van der Waals surface area contributed by atoms with Gasteiger partial charge in [0.25, 0.3) is 5.91 Å². The van der Waals surface area contributed by atoms with Crippen LogP contribution in [0.15, 0.2) is 35.4 Å². The maximum atomic E-state index is 13.1. The van der Waals surface area contributed by atoms with Crippen molar-refractivity contribution in [1.29, 1.82) is 0 Å². The molecule has 3 heterocycles. The summed E-state index contributed by atoms with van der Waals surface area (Å²) in [7, 11) is -1.96. The van der Waals surface area contributed by atoms with Crippen LogP contribution in [0.25, 0.3) is 0 Å². The summed E-state index contributed by atoms with van der Waals surface area (Å²) in [6.07, 6.45) is 2.99. The zero-order chi connectivity index (χ0) is 23.6. The number of carbonyl (C=O) groups excluding carboxylic acids is 1. The van der Waals surface area contributed by atoms with Crippen molar-refractivity contribution in [2.75, 3.05) is 39.6 Å². The second-order valence-electron chi connectivity index (χ2n) is 8.40. The Morgan fingerprint density at radius 1 is 1.12 bits per heavy atom. The molecule has 180 valence electrons. The molecule has 33 heavy (non-hydrogen) atoms. The number of carbonyl (C=O) groups is 1. The van der Waals surface area contributed by atoms with Crippen LogP contribution in [-0.2, 0) is 27.2 Å². The number of benzene rings is 1.